The molecule has 2 aromatic rings. The molecule has 12 heteroatoms. The molecule has 0 bridgehead atoms. The Morgan fingerprint density at radius 2 is 1.65 bits per heavy atom. The van der Waals surface area contributed by atoms with Gasteiger partial charge in [0.2, 0.25) is 0 Å². The van der Waals surface area contributed by atoms with Crippen molar-refractivity contribution in [3.8, 4) is 0 Å². The summed E-state index contributed by atoms with van der Waals surface area (Å²) >= 11 is 1.68. The zero-order valence-corrected chi connectivity index (χ0v) is 24.1. The molecule has 0 aliphatic carbocycles. The standard InChI is InChI=1S/C22H37N5O4SSi2/c1-11(2)33(12(3)4)28-9-15-17(30-34(31-33,13(5)6)14(7)8)18-21(29-15)27-20-16(26-22(27)32-18)19(23)24-10-25-20/h10-15,17-18,21H,9H2,1-8H3,(H2,23,24,25)/t15-,17-,18+,21-/m1/s1. The molecule has 0 spiro atoms. The SMILES string of the molecule is CC(C)[Si]1(C(C)C)OC[C@H]2O[C@@H]3[C@@H](Sc4nc5c(N)ncnc5n43)[C@@H]2O[Si](C(C)C)(C(C)C)O1. The van der Waals surface area contributed by atoms with Crippen LogP contribution in [0.2, 0.25) is 22.2 Å². The van der Waals surface area contributed by atoms with Gasteiger partial charge < -0.3 is 23.4 Å². The van der Waals surface area contributed by atoms with E-state index in [1.807, 2.05) is 0 Å². The van der Waals surface area contributed by atoms with E-state index >= 15 is 0 Å². The molecule has 5 heterocycles. The van der Waals surface area contributed by atoms with E-state index in [1.165, 1.54) is 6.33 Å². The van der Waals surface area contributed by atoms with E-state index in [0.717, 1.165) is 5.16 Å². The Kier molecular flexibility index (Phi) is 6.19. The van der Waals surface area contributed by atoms with Crippen molar-refractivity contribution < 1.29 is 17.7 Å². The van der Waals surface area contributed by atoms with Gasteiger partial charge in [-0.05, 0) is 22.2 Å². The van der Waals surface area contributed by atoms with E-state index in [2.05, 4.69) is 69.9 Å². The summed E-state index contributed by atoms with van der Waals surface area (Å²) in [6, 6.07) is 0. The molecule has 9 nitrogen and oxygen atoms in total. The highest BCUT2D eigenvalue weighted by Crippen LogP contribution is 2.54. The van der Waals surface area contributed by atoms with E-state index in [-0.39, 0.29) is 34.8 Å². The lowest BCUT2D eigenvalue weighted by molar-refractivity contribution is -0.0560. The van der Waals surface area contributed by atoms with Crippen molar-refractivity contribution in [2.75, 3.05) is 12.3 Å². The molecule has 2 N–H and O–H groups in total. The number of ether oxygens (including phenoxy) is 1. The summed E-state index contributed by atoms with van der Waals surface area (Å²) in [4.78, 5) is 13.3. The largest absolute Gasteiger partial charge is 0.414 e. The van der Waals surface area contributed by atoms with Crippen molar-refractivity contribution in [3.63, 3.8) is 0 Å². The maximum Gasteiger partial charge on any atom is 0.335 e. The maximum atomic E-state index is 7.32. The summed E-state index contributed by atoms with van der Waals surface area (Å²) in [7, 11) is -5.30. The molecule has 2 saturated heterocycles. The molecule has 2 aromatic heterocycles. The van der Waals surface area contributed by atoms with Crippen LogP contribution in [-0.4, -0.2) is 60.7 Å². The third kappa shape index (κ3) is 3.44. The molecule has 3 aliphatic heterocycles. The van der Waals surface area contributed by atoms with Crippen molar-refractivity contribution in [1.29, 1.82) is 0 Å². The summed E-state index contributed by atoms with van der Waals surface area (Å²) in [5, 5.41) is 0.898. The van der Waals surface area contributed by atoms with Gasteiger partial charge in [0.25, 0.3) is 0 Å². The van der Waals surface area contributed by atoms with E-state index in [4.69, 9.17) is 28.4 Å². The van der Waals surface area contributed by atoms with Crippen LogP contribution in [0.5, 0.6) is 0 Å². The van der Waals surface area contributed by atoms with Gasteiger partial charge in [0, 0.05) is 0 Å². The monoisotopic (exact) mass is 523 g/mol. The summed E-state index contributed by atoms with van der Waals surface area (Å²) in [6.45, 7) is 18.4. The quantitative estimate of drug-likeness (QED) is 0.569. The first-order valence-corrected chi connectivity index (χ1v) is 17.2. The molecule has 0 aromatic carbocycles. The molecule has 4 atom stereocenters. The average Bonchev–Trinajstić information content (AvgIpc) is 3.37. The van der Waals surface area contributed by atoms with Gasteiger partial charge in [-0.2, -0.15) is 0 Å². The van der Waals surface area contributed by atoms with E-state index in [0.29, 0.717) is 34.7 Å². The Labute approximate surface area is 208 Å². The molecule has 2 fully saturated rings. The van der Waals surface area contributed by atoms with Crippen LogP contribution in [0.15, 0.2) is 11.5 Å². The number of nitrogens with two attached hydrogens (primary N) is 1. The van der Waals surface area contributed by atoms with E-state index in [1.54, 1.807) is 11.8 Å². The van der Waals surface area contributed by atoms with Crippen LogP contribution in [0.25, 0.3) is 11.2 Å². The predicted octanol–water partition coefficient (Wildman–Crippen LogP) is 4.74. The van der Waals surface area contributed by atoms with Crippen molar-refractivity contribution in [2.24, 2.45) is 0 Å². The number of hydrogen-bond donors (Lipinski definition) is 1. The van der Waals surface area contributed by atoms with Gasteiger partial charge >= 0.3 is 17.1 Å². The van der Waals surface area contributed by atoms with Gasteiger partial charge in [-0.3, -0.25) is 4.57 Å². The van der Waals surface area contributed by atoms with Crippen LogP contribution in [-0.2, 0) is 17.7 Å². The molecule has 0 amide bonds. The minimum absolute atomic E-state index is 0.0527. The number of anilines is 1. The van der Waals surface area contributed by atoms with E-state index in [9.17, 15) is 0 Å². The second kappa shape index (κ2) is 8.53. The molecule has 0 radical (unpaired) electrons. The molecule has 34 heavy (non-hydrogen) atoms. The van der Waals surface area contributed by atoms with Crippen LogP contribution < -0.4 is 5.73 Å². The third-order valence-corrected chi connectivity index (χ3v) is 19.1. The summed E-state index contributed by atoms with van der Waals surface area (Å²) in [5.74, 6) is 0.386. The van der Waals surface area contributed by atoms with E-state index < -0.39 is 17.1 Å². The Morgan fingerprint density at radius 1 is 1.00 bits per heavy atom. The Balaban J connectivity index is 1.57. The van der Waals surface area contributed by atoms with Crippen molar-refractivity contribution in [3.05, 3.63) is 6.33 Å². The highest BCUT2D eigenvalue weighted by Gasteiger charge is 2.63. The summed E-state index contributed by atoms with van der Waals surface area (Å²) in [5.41, 5.74) is 8.55. The highest BCUT2D eigenvalue weighted by molar-refractivity contribution is 8.00. The van der Waals surface area contributed by atoms with Crippen molar-refractivity contribution >= 4 is 45.9 Å². The molecular weight excluding hydrogens is 487 g/mol. The minimum atomic E-state index is -2.70. The van der Waals surface area contributed by atoms with Gasteiger partial charge in [0.1, 0.15) is 12.4 Å². The molecule has 3 aliphatic rings. The zero-order valence-electron chi connectivity index (χ0n) is 21.3. The fraction of sp³-hybridized carbons (Fsp3) is 0.773. The zero-order chi connectivity index (χ0) is 24.6. The van der Waals surface area contributed by atoms with Crippen molar-refractivity contribution in [2.45, 2.75) is 106 Å². The first-order chi connectivity index (χ1) is 16.0. The lowest BCUT2D eigenvalue weighted by Gasteiger charge is -2.51. The van der Waals surface area contributed by atoms with Crippen LogP contribution in [0.4, 0.5) is 5.82 Å². The lowest BCUT2D eigenvalue weighted by Crippen LogP contribution is -2.65. The smallest absolute Gasteiger partial charge is 0.335 e. The second-order valence-corrected chi connectivity index (χ2v) is 20.9. The van der Waals surface area contributed by atoms with Crippen LogP contribution >= 0.6 is 11.8 Å². The number of rotatable bonds is 4. The van der Waals surface area contributed by atoms with Gasteiger partial charge in [0.05, 0.1) is 18.0 Å². The number of fused-ring (bicyclic) bond motifs is 7. The fourth-order valence-corrected chi connectivity index (χ4v) is 18.5. The number of hydrogen-bond acceptors (Lipinski definition) is 9. The predicted molar refractivity (Wildman–Crippen MR) is 137 cm³/mol. The molecule has 5 rings (SSSR count). The Bertz CT molecular complexity index is 1060. The molecular formula is C22H37N5O4SSi2. The number of imidazole rings is 1. The first kappa shape index (κ1) is 24.7. The lowest BCUT2D eigenvalue weighted by atomic mass is 10.2. The number of nitrogen functional groups attached to an aromatic ring is 1. The minimum Gasteiger partial charge on any atom is -0.414 e. The molecule has 0 unspecified atom stereocenters. The van der Waals surface area contributed by atoms with Gasteiger partial charge in [-0.25, -0.2) is 15.0 Å². The topological polar surface area (TPSA) is 107 Å². The van der Waals surface area contributed by atoms with Gasteiger partial charge in [0.15, 0.2) is 28.4 Å². The first-order valence-electron chi connectivity index (χ1n) is 12.3. The summed E-state index contributed by atoms with van der Waals surface area (Å²) in [6.07, 6.45) is 0.923. The highest BCUT2D eigenvalue weighted by atomic mass is 32.2. The molecule has 0 saturated carbocycles. The molecule has 188 valence electrons. The summed E-state index contributed by atoms with van der Waals surface area (Å²) < 4.78 is 30.2. The van der Waals surface area contributed by atoms with Crippen LogP contribution in [0.3, 0.4) is 0 Å². The second-order valence-electron chi connectivity index (χ2n) is 10.9. The average molecular weight is 524 g/mol. The van der Waals surface area contributed by atoms with Gasteiger partial charge in [-0.1, -0.05) is 67.2 Å². The Morgan fingerprint density at radius 3 is 2.26 bits per heavy atom. The third-order valence-electron chi connectivity index (χ3n) is 7.59. The number of thioether (sulfide) groups is 1. The maximum absolute atomic E-state index is 7.32. The number of aromatic nitrogens is 4. The Hall–Kier alpha value is -1.03. The van der Waals surface area contributed by atoms with Crippen LogP contribution in [0.1, 0.15) is 61.6 Å². The van der Waals surface area contributed by atoms with Crippen molar-refractivity contribution in [1.82, 2.24) is 19.5 Å². The van der Waals surface area contributed by atoms with Crippen LogP contribution in [0, 0.1) is 0 Å². The fourth-order valence-electron chi connectivity index (χ4n) is 5.80. The number of nitrogens with zero attached hydrogens (tertiary/aromatic N) is 4. The van der Waals surface area contributed by atoms with Gasteiger partial charge in [-0.15, -0.1) is 0 Å². The normalized spacial score (nSPS) is 30.1.